The second-order valence-corrected chi connectivity index (χ2v) is 7.29. The fourth-order valence-electron chi connectivity index (χ4n) is 2.83. The predicted octanol–water partition coefficient (Wildman–Crippen LogP) is 4.01. The number of rotatable bonds is 3. The number of aliphatic imine (C=N–C) groups is 1. The van der Waals surface area contributed by atoms with Crippen molar-refractivity contribution in [1.29, 1.82) is 0 Å². The summed E-state index contributed by atoms with van der Waals surface area (Å²) in [4.78, 5) is 24.8. The summed E-state index contributed by atoms with van der Waals surface area (Å²) in [5.74, 6) is 0.864. The van der Waals surface area contributed by atoms with E-state index in [1.807, 2.05) is 56.3 Å². The summed E-state index contributed by atoms with van der Waals surface area (Å²) in [5.41, 5.74) is 4.60. The quantitative estimate of drug-likeness (QED) is 0.360. The average molecular weight is 457 g/mol. The van der Waals surface area contributed by atoms with Crippen molar-refractivity contribution in [3.05, 3.63) is 73.5 Å². The molecule has 6 nitrogen and oxygen atoms in total. The number of aromatic amines is 2. The van der Waals surface area contributed by atoms with E-state index in [-0.39, 0.29) is 5.56 Å². The van der Waals surface area contributed by atoms with Gasteiger partial charge in [0.05, 0.1) is 28.0 Å². The van der Waals surface area contributed by atoms with Gasteiger partial charge in [0, 0.05) is 15.5 Å². The molecule has 2 heterocycles. The highest BCUT2D eigenvalue weighted by molar-refractivity contribution is 14.1. The zero-order valence-corrected chi connectivity index (χ0v) is 16.4. The Kier molecular flexibility index (Phi) is 4.23. The van der Waals surface area contributed by atoms with Crippen LogP contribution in [0.25, 0.3) is 16.7 Å². The highest BCUT2D eigenvalue weighted by atomic mass is 127. The van der Waals surface area contributed by atoms with Crippen molar-refractivity contribution in [3.63, 3.8) is 0 Å². The fourth-order valence-corrected chi connectivity index (χ4v) is 3.19. The smallest absolute Gasteiger partial charge is 0.280 e. The molecule has 0 radical (unpaired) electrons. The Balaban J connectivity index is 1.70. The number of imidazole rings is 1. The Bertz CT molecular complexity index is 1180. The molecule has 4 rings (SSSR count). The number of hydrogen-bond donors (Lipinski definition) is 2. The van der Waals surface area contributed by atoms with Gasteiger partial charge in [0.2, 0.25) is 0 Å². The van der Waals surface area contributed by atoms with Crippen LogP contribution in [0.15, 0.2) is 52.3 Å². The van der Waals surface area contributed by atoms with E-state index < -0.39 is 0 Å². The van der Waals surface area contributed by atoms with Crippen LogP contribution in [0.3, 0.4) is 0 Å². The molecule has 130 valence electrons. The molecular weight excluding hydrogens is 441 g/mol. The van der Waals surface area contributed by atoms with Crippen molar-refractivity contribution in [2.45, 2.75) is 13.8 Å². The molecule has 4 aromatic rings. The largest absolute Gasteiger partial charge is 0.342 e. The molecule has 2 aromatic carbocycles. The van der Waals surface area contributed by atoms with Crippen molar-refractivity contribution < 1.29 is 0 Å². The third-order valence-corrected chi connectivity index (χ3v) is 4.85. The summed E-state index contributed by atoms with van der Waals surface area (Å²) in [6.07, 6.45) is 1.61. The first-order chi connectivity index (χ1) is 12.5. The molecule has 0 unspecified atom stereocenters. The molecule has 2 aromatic heterocycles. The van der Waals surface area contributed by atoms with Crippen LogP contribution < -0.4 is 5.56 Å². The van der Waals surface area contributed by atoms with Crippen molar-refractivity contribution in [2.75, 3.05) is 0 Å². The van der Waals surface area contributed by atoms with Gasteiger partial charge in [0.15, 0.2) is 0 Å². The van der Waals surface area contributed by atoms with Gasteiger partial charge in [0.25, 0.3) is 5.56 Å². The van der Waals surface area contributed by atoms with E-state index in [1.165, 1.54) is 4.68 Å². The van der Waals surface area contributed by atoms with E-state index in [0.29, 0.717) is 5.56 Å². The number of fused-ring (bicyclic) bond motifs is 1. The van der Waals surface area contributed by atoms with Crippen LogP contribution in [0, 0.1) is 17.4 Å². The van der Waals surface area contributed by atoms with Crippen LogP contribution in [-0.2, 0) is 0 Å². The van der Waals surface area contributed by atoms with Crippen molar-refractivity contribution in [1.82, 2.24) is 19.7 Å². The molecule has 2 N–H and O–H groups in total. The van der Waals surface area contributed by atoms with Gasteiger partial charge >= 0.3 is 0 Å². The van der Waals surface area contributed by atoms with Crippen molar-refractivity contribution >= 4 is 45.5 Å². The molecular formula is C19H16IN5O. The summed E-state index contributed by atoms with van der Waals surface area (Å²) in [7, 11) is 0. The lowest BCUT2D eigenvalue weighted by atomic mass is 10.2. The van der Waals surface area contributed by atoms with Gasteiger partial charge < -0.3 is 4.98 Å². The van der Waals surface area contributed by atoms with Crippen LogP contribution >= 0.6 is 22.6 Å². The third-order valence-electron chi connectivity index (χ3n) is 4.13. The molecule has 0 atom stereocenters. The molecule has 26 heavy (non-hydrogen) atoms. The number of hydrogen-bond acceptors (Lipinski definition) is 3. The number of benzene rings is 2. The maximum Gasteiger partial charge on any atom is 0.280 e. The van der Waals surface area contributed by atoms with Gasteiger partial charge in [-0.1, -0.05) is 0 Å². The zero-order chi connectivity index (χ0) is 18.3. The minimum absolute atomic E-state index is 0.120. The average Bonchev–Trinajstić information content (AvgIpc) is 3.12. The van der Waals surface area contributed by atoms with E-state index in [4.69, 9.17) is 0 Å². The molecule has 0 aliphatic carbocycles. The maximum absolute atomic E-state index is 12.7. The van der Waals surface area contributed by atoms with E-state index in [1.54, 1.807) is 6.21 Å². The zero-order valence-electron chi connectivity index (χ0n) is 14.2. The Morgan fingerprint density at radius 2 is 1.92 bits per heavy atom. The molecule has 0 bridgehead atoms. The van der Waals surface area contributed by atoms with Crippen LogP contribution in [0.1, 0.15) is 17.1 Å². The van der Waals surface area contributed by atoms with E-state index in [9.17, 15) is 4.79 Å². The van der Waals surface area contributed by atoms with Gasteiger partial charge in [-0.05, 0) is 78.9 Å². The first-order valence-corrected chi connectivity index (χ1v) is 9.17. The van der Waals surface area contributed by atoms with Crippen LogP contribution in [0.5, 0.6) is 0 Å². The molecule has 7 heteroatoms. The molecule has 0 saturated carbocycles. The number of H-pyrrole nitrogens is 2. The Morgan fingerprint density at radius 1 is 1.15 bits per heavy atom. The summed E-state index contributed by atoms with van der Waals surface area (Å²) < 4.78 is 2.66. The Hall–Kier alpha value is -2.68. The number of halogens is 1. The summed E-state index contributed by atoms with van der Waals surface area (Å²) >= 11 is 2.24. The lowest BCUT2D eigenvalue weighted by Gasteiger charge is -2.00. The number of nitrogens with one attached hydrogen (secondary N) is 2. The van der Waals surface area contributed by atoms with E-state index >= 15 is 0 Å². The number of nitrogens with zero attached hydrogens (tertiary/aromatic N) is 3. The highest BCUT2D eigenvalue weighted by Gasteiger charge is 2.10. The predicted molar refractivity (Wildman–Crippen MR) is 112 cm³/mol. The fraction of sp³-hybridized carbons (Fsp3) is 0.105. The standard InChI is InChI=1S/C19H16IN5O/c1-11-16(19(26)25(24-11)15-6-3-13(20)4-7-15)10-21-14-5-8-17-18(9-14)23-12(2)22-17/h3-10,24H,1-2H3,(H,22,23). The molecule has 0 fully saturated rings. The van der Waals surface area contributed by atoms with E-state index in [0.717, 1.165) is 37.5 Å². The summed E-state index contributed by atoms with van der Waals surface area (Å²) in [5, 5.41) is 3.11. The molecule has 0 saturated heterocycles. The first kappa shape index (κ1) is 16.8. The Morgan fingerprint density at radius 3 is 2.69 bits per heavy atom. The SMILES string of the molecule is Cc1nc2ccc(N=Cc3c(C)[nH]n(-c4ccc(I)cc4)c3=O)cc2[nH]1. The lowest BCUT2D eigenvalue weighted by Crippen LogP contribution is -2.17. The molecule has 0 spiro atoms. The van der Waals surface area contributed by atoms with Gasteiger partial charge in [0.1, 0.15) is 5.82 Å². The minimum Gasteiger partial charge on any atom is -0.342 e. The molecule has 0 aliphatic rings. The summed E-state index contributed by atoms with van der Waals surface area (Å²) in [6, 6.07) is 13.5. The van der Waals surface area contributed by atoms with E-state index in [2.05, 4.69) is 42.6 Å². The second-order valence-electron chi connectivity index (χ2n) is 6.05. The first-order valence-electron chi connectivity index (χ1n) is 8.09. The second kappa shape index (κ2) is 6.56. The number of aromatic nitrogens is 4. The third kappa shape index (κ3) is 3.10. The highest BCUT2D eigenvalue weighted by Crippen LogP contribution is 2.19. The van der Waals surface area contributed by atoms with Crippen molar-refractivity contribution in [3.8, 4) is 5.69 Å². The van der Waals surface area contributed by atoms with Gasteiger partial charge in [-0.15, -0.1) is 0 Å². The lowest BCUT2D eigenvalue weighted by molar-refractivity contribution is 0.835. The topological polar surface area (TPSA) is 78.8 Å². The van der Waals surface area contributed by atoms with Crippen molar-refractivity contribution in [2.24, 2.45) is 4.99 Å². The van der Waals surface area contributed by atoms with Gasteiger partial charge in [-0.2, -0.15) is 0 Å². The normalized spacial score (nSPS) is 11.7. The van der Waals surface area contributed by atoms with Crippen LogP contribution in [0.2, 0.25) is 0 Å². The minimum atomic E-state index is -0.120. The van der Waals surface area contributed by atoms with Crippen LogP contribution in [-0.4, -0.2) is 26.0 Å². The molecule has 0 aliphatic heterocycles. The van der Waals surface area contributed by atoms with Gasteiger partial charge in [-0.25, -0.2) is 9.67 Å². The monoisotopic (exact) mass is 457 g/mol. The Labute approximate surface area is 163 Å². The molecule has 0 amide bonds. The maximum atomic E-state index is 12.7. The van der Waals surface area contributed by atoms with Crippen LogP contribution in [0.4, 0.5) is 5.69 Å². The van der Waals surface area contributed by atoms with Gasteiger partial charge in [-0.3, -0.25) is 14.9 Å². The summed E-state index contributed by atoms with van der Waals surface area (Å²) in [6.45, 7) is 3.78. The number of aryl methyl sites for hydroxylation is 2.